The molecule has 0 spiro atoms. The van der Waals surface area contributed by atoms with Crippen LogP contribution in [0.5, 0.6) is 0 Å². The molecule has 3 rings (SSSR count). The van der Waals surface area contributed by atoms with E-state index in [9.17, 15) is 5.11 Å². The molecule has 1 N–H and O–H groups in total. The summed E-state index contributed by atoms with van der Waals surface area (Å²) in [6, 6.07) is 0. The quantitative estimate of drug-likeness (QED) is 0.769. The zero-order chi connectivity index (χ0) is 16.1. The van der Waals surface area contributed by atoms with E-state index in [0.717, 1.165) is 69.4 Å². The number of ether oxygens (including phenoxy) is 2. The lowest BCUT2D eigenvalue weighted by atomic mass is 10.1. The van der Waals surface area contributed by atoms with E-state index in [1.165, 1.54) is 0 Å². The van der Waals surface area contributed by atoms with Gasteiger partial charge in [-0.25, -0.2) is 9.97 Å². The summed E-state index contributed by atoms with van der Waals surface area (Å²) in [7, 11) is 1.65. The Labute approximate surface area is 137 Å². The Bertz CT molecular complexity index is 508. The molecule has 0 bridgehead atoms. The first-order valence-electron chi connectivity index (χ1n) is 8.27. The van der Waals surface area contributed by atoms with Gasteiger partial charge in [0.15, 0.2) is 5.82 Å². The summed E-state index contributed by atoms with van der Waals surface area (Å²) in [4.78, 5) is 13.5. The lowest BCUT2D eigenvalue weighted by Crippen LogP contribution is -2.45. The lowest BCUT2D eigenvalue weighted by molar-refractivity contribution is 0.00579. The fourth-order valence-corrected chi connectivity index (χ4v) is 3.21. The third-order valence-corrected chi connectivity index (χ3v) is 4.38. The van der Waals surface area contributed by atoms with Gasteiger partial charge in [-0.3, -0.25) is 9.80 Å². The van der Waals surface area contributed by atoms with Gasteiger partial charge in [0.25, 0.3) is 0 Å². The number of β-amino-alcohol motifs (C(OH)–C–C–N with tert-alkyl or cyclic N) is 1. The summed E-state index contributed by atoms with van der Waals surface area (Å²) in [5.41, 5.74) is 2.28. The van der Waals surface area contributed by atoms with E-state index in [1.54, 1.807) is 7.11 Å². The summed E-state index contributed by atoms with van der Waals surface area (Å²) in [6.07, 6.45) is 2.47. The van der Waals surface area contributed by atoms with Crippen LogP contribution >= 0.6 is 0 Å². The average Bonchev–Trinajstić information content (AvgIpc) is 2.56. The van der Waals surface area contributed by atoms with Crippen molar-refractivity contribution in [2.75, 3.05) is 53.0 Å². The van der Waals surface area contributed by atoms with Crippen LogP contribution < -0.4 is 0 Å². The van der Waals surface area contributed by atoms with Crippen molar-refractivity contribution in [3.05, 3.63) is 23.3 Å². The predicted molar refractivity (Wildman–Crippen MR) is 85.0 cm³/mol. The monoisotopic (exact) mass is 322 g/mol. The third kappa shape index (κ3) is 4.68. The Morgan fingerprint density at radius 3 is 2.83 bits per heavy atom. The molecular formula is C16H26N4O3. The molecule has 1 unspecified atom stereocenters. The first-order valence-corrected chi connectivity index (χ1v) is 8.27. The van der Waals surface area contributed by atoms with Crippen molar-refractivity contribution in [1.82, 2.24) is 19.8 Å². The Balaban J connectivity index is 1.50. The maximum absolute atomic E-state index is 10.3. The maximum Gasteiger partial charge on any atom is 0.154 e. The number of hydrogen-bond acceptors (Lipinski definition) is 7. The highest BCUT2D eigenvalue weighted by molar-refractivity contribution is 5.20. The van der Waals surface area contributed by atoms with E-state index < -0.39 is 0 Å². The molecule has 0 aliphatic carbocycles. The summed E-state index contributed by atoms with van der Waals surface area (Å²) in [6.45, 7) is 6.96. The molecule has 2 aliphatic heterocycles. The van der Waals surface area contributed by atoms with E-state index in [1.807, 2.05) is 6.20 Å². The summed E-state index contributed by atoms with van der Waals surface area (Å²) < 4.78 is 10.4. The number of aliphatic hydroxyl groups is 1. The molecule has 2 aliphatic rings. The van der Waals surface area contributed by atoms with Gasteiger partial charge in [0.2, 0.25) is 0 Å². The van der Waals surface area contributed by atoms with Crippen molar-refractivity contribution in [2.24, 2.45) is 0 Å². The Kier molecular flexibility index (Phi) is 5.91. The zero-order valence-corrected chi connectivity index (χ0v) is 13.8. The van der Waals surface area contributed by atoms with Gasteiger partial charge in [0.05, 0.1) is 19.3 Å². The molecule has 1 atom stereocenters. The van der Waals surface area contributed by atoms with Crippen molar-refractivity contribution in [3.63, 3.8) is 0 Å². The highest BCUT2D eigenvalue weighted by Crippen LogP contribution is 2.17. The molecule has 1 saturated heterocycles. The summed E-state index contributed by atoms with van der Waals surface area (Å²) in [5.74, 6) is 0.743. The Hall–Kier alpha value is -1.12. The van der Waals surface area contributed by atoms with Crippen molar-refractivity contribution in [2.45, 2.75) is 25.7 Å². The second-order valence-electron chi connectivity index (χ2n) is 6.24. The van der Waals surface area contributed by atoms with Crippen molar-refractivity contribution < 1.29 is 14.6 Å². The van der Waals surface area contributed by atoms with Gasteiger partial charge >= 0.3 is 0 Å². The lowest BCUT2D eigenvalue weighted by Gasteiger charge is -2.33. The molecule has 7 nitrogen and oxygen atoms in total. The fraction of sp³-hybridized carbons (Fsp3) is 0.750. The third-order valence-electron chi connectivity index (χ3n) is 4.38. The number of methoxy groups -OCH3 is 1. The fourth-order valence-electron chi connectivity index (χ4n) is 3.21. The molecule has 23 heavy (non-hydrogen) atoms. The number of hydrogen-bond donors (Lipinski definition) is 1. The Morgan fingerprint density at radius 1 is 1.26 bits per heavy atom. The van der Waals surface area contributed by atoms with E-state index in [4.69, 9.17) is 9.47 Å². The standard InChI is InChI=1S/C16H26N4O3/c1-22-12-16-17-8-13-9-20(3-2-15(13)18-16)11-14(21)10-19-4-6-23-7-5-19/h8,14,21H,2-7,9-12H2,1H3. The van der Waals surface area contributed by atoms with Gasteiger partial charge < -0.3 is 14.6 Å². The zero-order valence-electron chi connectivity index (χ0n) is 13.8. The molecule has 1 aromatic heterocycles. The summed E-state index contributed by atoms with van der Waals surface area (Å²) in [5, 5.41) is 10.3. The first kappa shape index (κ1) is 16.7. The molecule has 128 valence electrons. The van der Waals surface area contributed by atoms with Crippen LogP contribution in [0.15, 0.2) is 6.20 Å². The second kappa shape index (κ2) is 8.12. The van der Waals surface area contributed by atoms with Crippen LogP contribution in [-0.4, -0.2) is 84.0 Å². The molecule has 0 radical (unpaired) electrons. The van der Waals surface area contributed by atoms with Crippen LogP contribution in [0, 0.1) is 0 Å². The van der Waals surface area contributed by atoms with E-state index in [2.05, 4.69) is 19.8 Å². The van der Waals surface area contributed by atoms with Gasteiger partial charge in [-0.15, -0.1) is 0 Å². The van der Waals surface area contributed by atoms with Crippen molar-refractivity contribution in [1.29, 1.82) is 0 Å². The van der Waals surface area contributed by atoms with Gasteiger partial charge in [0.1, 0.15) is 6.61 Å². The second-order valence-corrected chi connectivity index (χ2v) is 6.24. The van der Waals surface area contributed by atoms with Crippen molar-refractivity contribution >= 4 is 0 Å². The summed E-state index contributed by atoms with van der Waals surface area (Å²) >= 11 is 0. The minimum atomic E-state index is -0.330. The minimum Gasteiger partial charge on any atom is -0.390 e. The number of aromatic nitrogens is 2. The molecular weight excluding hydrogens is 296 g/mol. The molecule has 0 aromatic carbocycles. The smallest absolute Gasteiger partial charge is 0.154 e. The normalized spacial score (nSPS) is 21.1. The molecule has 0 saturated carbocycles. The highest BCUT2D eigenvalue weighted by Gasteiger charge is 2.22. The number of morpholine rings is 1. The van der Waals surface area contributed by atoms with E-state index >= 15 is 0 Å². The van der Waals surface area contributed by atoms with Crippen LogP contribution in [0.3, 0.4) is 0 Å². The number of nitrogens with zero attached hydrogens (tertiary/aromatic N) is 4. The van der Waals surface area contributed by atoms with Crippen LogP contribution in [0.25, 0.3) is 0 Å². The highest BCUT2D eigenvalue weighted by atomic mass is 16.5. The largest absolute Gasteiger partial charge is 0.390 e. The number of aliphatic hydroxyl groups excluding tert-OH is 1. The molecule has 3 heterocycles. The van der Waals surface area contributed by atoms with Crippen LogP contribution in [0.4, 0.5) is 0 Å². The molecule has 1 fully saturated rings. The first-order chi connectivity index (χ1) is 11.2. The molecule has 7 heteroatoms. The van der Waals surface area contributed by atoms with E-state index in [-0.39, 0.29) is 6.10 Å². The van der Waals surface area contributed by atoms with Gasteiger partial charge in [-0.1, -0.05) is 0 Å². The van der Waals surface area contributed by atoms with Crippen LogP contribution in [0.2, 0.25) is 0 Å². The minimum absolute atomic E-state index is 0.330. The van der Waals surface area contributed by atoms with Crippen molar-refractivity contribution in [3.8, 4) is 0 Å². The van der Waals surface area contributed by atoms with Gasteiger partial charge in [0, 0.05) is 70.3 Å². The van der Waals surface area contributed by atoms with Gasteiger partial charge in [-0.05, 0) is 0 Å². The Morgan fingerprint density at radius 2 is 2.04 bits per heavy atom. The van der Waals surface area contributed by atoms with Gasteiger partial charge in [-0.2, -0.15) is 0 Å². The maximum atomic E-state index is 10.3. The number of rotatable bonds is 6. The predicted octanol–water partition coefficient (Wildman–Crippen LogP) is -0.326. The van der Waals surface area contributed by atoms with Crippen LogP contribution in [0.1, 0.15) is 17.1 Å². The SMILES string of the molecule is COCc1ncc2c(n1)CCN(CC(O)CN1CCOCC1)C2. The molecule has 1 aromatic rings. The van der Waals surface area contributed by atoms with Crippen LogP contribution in [-0.2, 0) is 29.0 Å². The van der Waals surface area contributed by atoms with E-state index in [0.29, 0.717) is 13.2 Å². The molecule has 0 amide bonds. The average molecular weight is 322 g/mol. The number of fused-ring (bicyclic) bond motifs is 1. The topological polar surface area (TPSA) is 71.0 Å².